The van der Waals surface area contributed by atoms with Crippen molar-refractivity contribution >= 4 is 28.1 Å². The fourth-order valence-corrected chi connectivity index (χ4v) is 1.98. The molecule has 0 radical (unpaired) electrons. The van der Waals surface area contributed by atoms with E-state index in [2.05, 4.69) is 0 Å². The Morgan fingerprint density at radius 1 is 1.75 bits per heavy atom. The van der Waals surface area contributed by atoms with Crippen LogP contribution < -0.4 is 0 Å². The highest BCUT2D eigenvalue weighted by Gasteiger charge is 2.08. The number of thiocyanates is 1. The number of hydrogen-bond donors (Lipinski definition) is 0. The number of nitrogens with zero attached hydrogens (tertiary/aromatic N) is 2. The van der Waals surface area contributed by atoms with Gasteiger partial charge in [0.2, 0.25) is 0 Å². The zero-order valence-corrected chi connectivity index (χ0v) is 7.52. The monoisotopic (exact) mass is 200 g/mol. The van der Waals surface area contributed by atoms with Gasteiger partial charge in [-0.1, -0.05) is 11.3 Å². The van der Waals surface area contributed by atoms with E-state index in [0.717, 1.165) is 28.0 Å². The Morgan fingerprint density at radius 3 is 3.00 bits per heavy atom. The summed E-state index contributed by atoms with van der Waals surface area (Å²) in [5, 5.41) is 20.5. The zero-order chi connectivity index (χ0) is 8.97. The lowest BCUT2D eigenvalue weighted by atomic mass is 10.5. The Kier molecular flexibility index (Phi) is 3.08. The van der Waals surface area contributed by atoms with Crippen LogP contribution in [0.15, 0.2) is 12.1 Å². The van der Waals surface area contributed by atoms with E-state index in [1.807, 2.05) is 5.40 Å². The highest BCUT2D eigenvalue weighted by atomic mass is 32.2. The van der Waals surface area contributed by atoms with E-state index in [4.69, 9.17) is 5.26 Å². The summed E-state index contributed by atoms with van der Waals surface area (Å²) in [6, 6.07) is 3.13. The Hall–Kier alpha value is -1.06. The van der Waals surface area contributed by atoms with E-state index < -0.39 is 4.92 Å². The fourth-order valence-electron chi connectivity index (χ4n) is 0.646. The van der Waals surface area contributed by atoms with E-state index in [0.29, 0.717) is 5.75 Å². The maximum atomic E-state index is 10.2. The molecule has 0 fully saturated rings. The van der Waals surface area contributed by atoms with Crippen LogP contribution >= 0.6 is 23.1 Å². The molecule has 12 heavy (non-hydrogen) atoms. The molecule has 0 amide bonds. The van der Waals surface area contributed by atoms with E-state index in [-0.39, 0.29) is 5.00 Å². The minimum Gasteiger partial charge on any atom is -0.258 e. The van der Waals surface area contributed by atoms with Crippen molar-refractivity contribution in [3.05, 3.63) is 27.1 Å². The smallest absolute Gasteiger partial charge is 0.258 e. The van der Waals surface area contributed by atoms with Crippen LogP contribution in [0.4, 0.5) is 5.00 Å². The van der Waals surface area contributed by atoms with E-state index in [1.54, 1.807) is 6.07 Å². The second kappa shape index (κ2) is 4.09. The number of nitriles is 1. The van der Waals surface area contributed by atoms with Gasteiger partial charge in [0.15, 0.2) is 0 Å². The molecule has 0 aliphatic heterocycles. The lowest BCUT2D eigenvalue weighted by molar-refractivity contribution is -0.380. The van der Waals surface area contributed by atoms with Crippen molar-refractivity contribution in [3.8, 4) is 5.40 Å². The number of hydrogen-bond acceptors (Lipinski definition) is 5. The minimum absolute atomic E-state index is 0.128. The first-order valence-electron chi connectivity index (χ1n) is 2.98. The first-order valence-corrected chi connectivity index (χ1v) is 4.78. The molecule has 0 saturated heterocycles. The van der Waals surface area contributed by atoms with Crippen LogP contribution in [0.25, 0.3) is 0 Å². The molecule has 0 unspecified atom stereocenters. The molecule has 0 aliphatic rings. The molecule has 0 N–H and O–H groups in total. The molecule has 4 nitrogen and oxygen atoms in total. The lowest BCUT2D eigenvalue weighted by Gasteiger charge is -1.84. The maximum absolute atomic E-state index is 10.2. The molecule has 6 heteroatoms. The summed E-state index contributed by atoms with van der Waals surface area (Å²) in [4.78, 5) is 10.7. The molecule has 0 aromatic carbocycles. The molecule has 1 heterocycles. The normalized spacial score (nSPS) is 9.25. The van der Waals surface area contributed by atoms with Crippen molar-refractivity contribution in [1.29, 1.82) is 5.26 Å². The van der Waals surface area contributed by atoms with Gasteiger partial charge in [0.1, 0.15) is 5.40 Å². The number of thioether (sulfide) groups is 1. The number of rotatable bonds is 3. The molecule has 1 aromatic heterocycles. The summed E-state index contributed by atoms with van der Waals surface area (Å²) in [6.07, 6.45) is 0. The van der Waals surface area contributed by atoms with Gasteiger partial charge in [0.05, 0.1) is 4.92 Å². The van der Waals surface area contributed by atoms with Crippen molar-refractivity contribution in [1.82, 2.24) is 0 Å². The van der Waals surface area contributed by atoms with Gasteiger partial charge in [0, 0.05) is 16.7 Å². The third kappa shape index (κ3) is 2.22. The van der Waals surface area contributed by atoms with Gasteiger partial charge in [-0.15, -0.1) is 0 Å². The Labute approximate surface area is 77.0 Å². The van der Waals surface area contributed by atoms with Gasteiger partial charge >= 0.3 is 5.00 Å². The number of nitro groups is 1. The molecule has 62 valence electrons. The van der Waals surface area contributed by atoms with Gasteiger partial charge in [-0.3, -0.25) is 10.1 Å². The highest BCUT2D eigenvalue weighted by molar-refractivity contribution is 8.03. The quantitative estimate of drug-likeness (QED) is 0.426. The standard InChI is InChI=1S/C6H4N2O2S2/c7-4-11-3-5-1-2-6(12-5)8(9)10/h1-2H,3H2. The zero-order valence-electron chi connectivity index (χ0n) is 5.89. The average molecular weight is 200 g/mol. The van der Waals surface area contributed by atoms with Crippen LogP contribution in [-0.4, -0.2) is 4.92 Å². The molecule has 0 spiro atoms. The van der Waals surface area contributed by atoms with Crippen LogP contribution in [0.2, 0.25) is 0 Å². The minimum atomic E-state index is -0.425. The summed E-state index contributed by atoms with van der Waals surface area (Å²) in [6.45, 7) is 0. The van der Waals surface area contributed by atoms with Crippen LogP contribution in [0.3, 0.4) is 0 Å². The molecule has 0 aliphatic carbocycles. The van der Waals surface area contributed by atoms with Crippen molar-refractivity contribution in [2.45, 2.75) is 5.75 Å². The van der Waals surface area contributed by atoms with Gasteiger partial charge in [-0.2, -0.15) is 5.26 Å². The maximum Gasteiger partial charge on any atom is 0.324 e. The van der Waals surface area contributed by atoms with Crippen molar-refractivity contribution in [2.75, 3.05) is 0 Å². The highest BCUT2D eigenvalue weighted by Crippen LogP contribution is 2.26. The van der Waals surface area contributed by atoms with Crippen molar-refractivity contribution < 1.29 is 4.92 Å². The Morgan fingerprint density at radius 2 is 2.50 bits per heavy atom. The molecule has 0 bridgehead atoms. The third-order valence-electron chi connectivity index (χ3n) is 1.11. The second-order valence-electron chi connectivity index (χ2n) is 1.88. The molecular formula is C6H4N2O2S2. The summed E-state index contributed by atoms with van der Waals surface area (Å²) in [5.41, 5.74) is 0. The first kappa shape index (κ1) is 9.03. The Balaban J connectivity index is 2.66. The molecular weight excluding hydrogens is 196 g/mol. The van der Waals surface area contributed by atoms with E-state index in [9.17, 15) is 10.1 Å². The summed E-state index contributed by atoms with van der Waals surface area (Å²) in [7, 11) is 0. The van der Waals surface area contributed by atoms with Crippen molar-refractivity contribution in [3.63, 3.8) is 0 Å². The first-order chi connectivity index (χ1) is 5.74. The number of thiophene rings is 1. The molecule has 0 atom stereocenters. The predicted octanol–water partition coefficient (Wildman–Crippen LogP) is 2.37. The topological polar surface area (TPSA) is 66.9 Å². The van der Waals surface area contributed by atoms with Gasteiger partial charge in [0.25, 0.3) is 0 Å². The summed E-state index contributed by atoms with van der Waals surface area (Å²) < 4.78 is 0. The van der Waals surface area contributed by atoms with Gasteiger partial charge < -0.3 is 0 Å². The van der Waals surface area contributed by atoms with E-state index >= 15 is 0 Å². The van der Waals surface area contributed by atoms with Crippen molar-refractivity contribution in [2.24, 2.45) is 0 Å². The summed E-state index contributed by atoms with van der Waals surface area (Å²) >= 11 is 2.19. The summed E-state index contributed by atoms with van der Waals surface area (Å²) in [5.74, 6) is 0.523. The fraction of sp³-hybridized carbons (Fsp3) is 0.167. The van der Waals surface area contributed by atoms with Crippen LogP contribution in [0, 0.1) is 20.8 Å². The third-order valence-corrected chi connectivity index (χ3v) is 2.91. The lowest BCUT2D eigenvalue weighted by Crippen LogP contribution is -1.80. The molecule has 1 rings (SSSR count). The predicted molar refractivity (Wildman–Crippen MR) is 47.9 cm³/mol. The SMILES string of the molecule is N#CSCc1ccc([N+](=O)[O-])s1. The molecule has 1 aromatic rings. The van der Waals surface area contributed by atoms with Crippen LogP contribution in [-0.2, 0) is 5.75 Å². The Bertz CT molecular complexity index is 329. The molecule has 0 saturated carbocycles. The van der Waals surface area contributed by atoms with Gasteiger partial charge in [-0.05, 0) is 17.8 Å². The van der Waals surface area contributed by atoms with Crippen LogP contribution in [0.1, 0.15) is 4.88 Å². The van der Waals surface area contributed by atoms with Gasteiger partial charge in [-0.25, -0.2) is 0 Å². The second-order valence-corrected chi connectivity index (χ2v) is 3.78. The average Bonchev–Trinajstić information content (AvgIpc) is 2.48. The van der Waals surface area contributed by atoms with Crippen LogP contribution in [0.5, 0.6) is 0 Å². The van der Waals surface area contributed by atoms with E-state index in [1.165, 1.54) is 6.07 Å². The largest absolute Gasteiger partial charge is 0.324 e.